The SMILES string of the molecule is CC(C)CC(NS(=O)(=O)Cc1cccc2cccnc12)C(=O)O. The van der Waals surface area contributed by atoms with E-state index in [1.807, 2.05) is 26.0 Å². The van der Waals surface area contributed by atoms with Gasteiger partial charge in [-0.25, -0.2) is 13.1 Å². The van der Waals surface area contributed by atoms with Crippen molar-refractivity contribution >= 4 is 26.9 Å². The summed E-state index contributed by atoms with van der Waals surface area (Å²) in [7, 11) is -3.79. The largest absolute Gasteiger partial charge is 0.480 e. The van der Waals surface area contributed by atoms with Crippen LogP contribution in [0.15, 0.2) is 36.5 Å². The van der Waals surface area contributed by atoms with E-state index in [0.717, 1.165) is 5.39 Å². The Morgan fingerprint density at radius 2 is 1.96 bits per heavy atom. The maximum Gasteiger partial charge on any atom is 0.321 e. The molecule has 2 N–H and O–H groups in total. The van der Waals surface area contributed by atoms with E-state index in [1.165, 1.54) is 0 Å². The Morgan fingerprint density at radius 1 is 1.26 bits per heavy atom. The minimum absolute atomic E-state index is 0.0676. The van der Waals surface area contributed by atoms with Gasteiger partial charge in [-0.1, -0.05) is 38.1 Å². The lowest BCUT2D eigenvalue weighted by Gasteiger charge is -2.17. The Bertz CT molecular complexity index is 797. The molecule has 1 aromatic heterocycles. The monoisotopic (exact) mass is 336 g/mol. The van der Waals surface area contributed by atoms with E-state index in [4.69, 9.17) is 0 Å². The first-order valence-corrected chi connectivity index (χ1v) is 8.99. The number of hydrogen-bond donors (Lipinski definition) is 2. The first-order chi connectivity index (χ1) is 10.8. The molecule has 0 spiro atoms. The summed E-state index contributed by atoms with van der Waals surface area (Å²) in [5.74, 6) is -1.40. The van der Waals surface area contributed by atoms with Crippen molar-refractivity contribution in [3.8, 4) is 0 Å². The standard InChI is InChI=1S/C16H20N2O4S/c1-11(2)9-14(16(19)20)18-23(21,22)10-13-6-3-5-12-7-4-8-17-15(12)13/h3-8,11,14,18H,9-10H2,1-2H3,(H,19,20). The number of sulfonamides is 1. The summed E-state index contributed by atoms with van der Waals surface area (Å²) in [5, 5.41) is 10.0. The summed E-state index contributed by atoms with van der Waals surface area (Å²) in [6.45, 7) is 3.69. The molecule has 2 rings (SSSR count). The van der Waals surface area contributed by atoms with Crippen LogP contribution in [0.3, 0.4) is 0 Å². The molecule has 0 saturated carbocycles. The number of carboxylic acids is 1. The second-order valence-electron chi connectivity index (χ2n) is 5.89. The predicted octanol–water partition coefficient (Wildman–Crippen LogP) is 2.15. The first-order valence-electron chi connectivity index (χ1n) is 7.34. The third-order valence-corrected chi connectivity index (χ3v) is 4.72. The fourth-order valence-corrected chi connectivity index (χ4v) is 3.77. The summed E-state index contributed by atoms with van der Waals surface area (Å²) < 4.78 is 27.0. The number of nitrogens with one attached hydrogen (secondary N) is 1. The second kappa shape index (κ2) is 7.06. The van der Waals surface area contributed by atoms with Crippen LogP contribution in [0.4, 0.5) is 0 Å². The molecule has 1 unspecified atom stereocenters. The molecule has 0 aliphatic heterocycles. The lowest BCUT2D eigenvalue weighted by atomic mass is 10.1. The lowest BCUT2D eigenvalue weighted by Crippen LogP contribution is -2.42. The average Bonchev–Trinajstić information content (AvgIpc) is 2.46. The molecule has 0 amide bonds. The molecule has 0 bridgehead atoms. The highest BCUT2D eigenvalue weighted by Gasteiger charge is 2.25. The molecule has 0 radical (unpaired) electrons. The van der Waals surface area contributed by atoms with E-state index in [-0.39, 0.29) is 18.1 Å². The Balaban J connectivity index is 2.24. The number of hydrogen-bond acceptors (Lipinski definition) is 4. The average molecular weight is 336 g/mol. The molecular weight excluding hydrogens is 316 g/mol. The van der Waals surface area contributed by atoms with Crippen molar-refractivity contribution in [2.24, 2.45) is 5.92 Å². The number of nitrogens with zero attached hydrogens (tertiary/aromatic N) is 1. The maximum absolute atomic E-state index is 12.3. The van der Waals surface area contributed by atoms with Crippen molar-refractivity contribution < 1.29 is 18.3 Å². The van der Waals surface area contributed by atoms with E-state index in [1.54, 1.807) is 24.4 Å². The summed E-state index contributed by atoms with van der Waals surface area (Å²) in [4.78, 5) is 15.5. The fourth-order valence-electron chi connectivity index (χ4n) is 2.42. The van der Waals surface area contributed by atoms with Crippen LogP contribution in [0.25, 0.3) is 10.9 Å². The van der Waals surface area contributed by atoms with Gasteiger partial charge in [0.2, 0.25) is 10.0 Å². The van der Waals surface area contributed by atoms with Crippen LogP contribution in [0, 0.1) is 5.92 Å². The Morgan fingerprint density at radius 3 is 2.61 bits per heavy atom. The van der Waals surface area contributed by atoms with Gasteiger partial charge in [-0.05, 0) is 24.0 Å². The minimum atomic E-state index is -3.79. The van der Waals surface area contributed by atoms with E-state index < -0.39 is 22.0 Å². The number of carbonyl (C=O) groups is 1. The van der Waals surface area contributed by atoms with Gasteiger partial charge in [0.05, 0.1) is 11.3 Å². The molecule has 6 nitrogen and oxygen atoms in total. The van der Waals surface area contributed by atoms with Crippen molar-refractivity contribution in [2.75, 3.05) is 0 Å². The summed E-state index contributed by atoms with van der Waals surface area (Å²) in [5.41, 5.74) is 1.15. The van der Waals surface area contributed by atoms with Crippen LogP contribution in [0.2, 0.25) is 0 Å². The number of carboxylic acid groups (broad SMARTS) is 1. The lowest BCUT2D eigenvalue weighted by molar-refractivity contribution is -0.139. The zero-order valence-corrected chi connectivity index (χ0v) is 13.9. The van der Waals surface area contributed by atoms with Gasteiger partial charge in [-0.3, -0.25) is 9.78 Å². The molecule has 0 fully saturated rings. The number of pyridine rings is 1. The van der Waals surface area contributed by atoms with Gasteiger partial charge >= 0.3 is 5.97 Å². The Hall–Kier alpha value is -1.99. The first kappa shape index (κ1) is 17.4. The summed E-state index contributed by atoms with van der Waals surface area (Å²) in [6, 6.07) is 7.81. The minimum Gasteiger partial charge on any atom is -0.480 e. The van der Waals surface area contributed by atoms with E-state index in [0.29, 0.717) is 11.1 Å². The molecule has 0 saturated heterocycles. The molecule has 2 aromatic rings. The molecule has 23 heavy (non-hydrogen) atoms. The summed E-state index contributed by atoms with van der Waals surface area (Å²) in [6.07, 6.45) is 1.84. The van der Waals surface area contributed by atoms with Crippen LogP contribution in [0.5, 0.6) is 0 Å². The van der Waals surface area contributed by atoms with Crippen LogP contribution in [-0.2, 0) is 20.6 Å². The summed E-state index contributed by atoms with van der Waals surface area (Å²) >= 11 is 0. The molecule has 0 aliphatic carbocycles. The van der Waals surface area contributed by atoms with Crippen molar-refractivity contribution in [1.29, 1.82) is 0 Å². The zero-order chi connectivity index (χ0) is 17.0. The molecule has 1 heterocycles. The van der Waals surface area contributed by atoms with E-state index >= 15 is 0 Å². The molecule has 7 heteroatoms. The highest BCUT2D eigenvalue weighted by Crippen LogP contribution is 2.18. The van der Waals surface area contributed by atoms with Crippen molar-refractivity contribution in [2.45, 2.75) is 32.1 Å². The van der Waals surface area contributed by atoms with Gasteiger partial charge < -0.3 is 5.11 Å². The van der Waals surface area contributed by atoms with Crippen molar-refractivity contribution in [3.63, 3.8) is 0 Å². The highest BCUT2D eigenvalue weighted by atomic mass is 32.2. The third kappa shape index (κ3) is 4.74. The topological polar surface area (TPSA) is 96.4 Å². The number of rotatable bonds is 7. The van der Waals surface area contributed by atoms with Crippen LogP contribution >= 0.6 is 0 Å². The van der Waals surface area contributed by atoms with Gasteiger partial charge in [-0.2, -0.15) is 0 Å². The van der Waals surface area contributed by atoms with Crippen molar-refractivity contribution in [3.05, 3.63) is 42.1 Å². The van der Waals surface area contributed by atoms with Crippen LogP contribution in [-0.4, -0.2) is 30.5 Å². The molecular formula is C16H20N2O4S. The Kier molecular flexibility index (Phi) is 5.33. The number of fused-ring (bicyclic) bond motifs is 1. The molecule has 1 aromatic carbocycles. The highest BCUT2D eigenvalue weighted by molar-refractivity contribution is 7.88. The number of aliphatic carboxylic acids is 1. The Labute approximate surface area is 135 Å². The maximum atomic E-state index is 12.3. The fraction of sp³-hybridized carbons (Fsp3) is 0.375. The molecule has 0 aliphatic rings. The van der Waals surface area contributed by atoms with E-state index in [9.17, 15) is 18.3 Å². The third-order valence-electron chi connectivity index (χ3n) is 3.39. The van der Waals surface area contributed by atoms with Gasteiger partial charge in [0, 0.05) is 11.6 Å². The van der Waals surface area contributed by atoms with Gasteiger partial charge in [0.15, 0.2) is 0 Å². The van der Waals surface area contributed by atoms with Crippen LogP contribution in [0.1, 0.15) is 25.8 Å². The molecule has 124 valence electrons. The van der Waals surface area contributed by atoms with Gasteiger partial charge in [-0.15, -0.1) is 0 Å². The van der Waals surface area contributed by atoms with Gasteiger partial charge in [0.1, 0.15) is 6.04 Å². The quantitative estimate of drug-likeness (QED) is 0.807. The number of aromatic nitrogens is 1. The van der Waals surface area contributed by atoms with E-state index in [2.05, 4.69) is 9.71 Å². The normalized spacial score (nSPS) is 13.3. The predicted molar refractivity (Wildman–Crippen MR) is 88.4 cm³/mol. The van der Waals surface area contributed by atoms with Crippen LogP contribution < -0.4 is 4.72 Å². The zero-order valence-electron chi connectivity index (χ0n) is 13.1. The number of benzene rings is 1. The smallest absolute Gasteiger partial charge is 0.321 e. The molecule has 1 atom stereocenters. The van der Waals surface area contributed by atoms with Crippen molar-refractivity contribution in [1.82, 2.24) is 9.71 Å². The second-order valence-corrected chi connectivity index (χ2v) is 7.64. The number of para-hydroxylation sites is 1. The van der Waals surface area contributed by atoms with Gasteiger partial charge in [0.25, 0.3) is 0 Å².